The smallest absolute Gasteiger partial charge is 0.250 e. The first-order chi connectivity index (χ1) is 7.56. The minimum absolute atomic E-state index is 0.173. The molecule has 0 aromatic carbocycles. The van der Waals surface area contributed by atoms with Gasteiger partial charge < -0.3 is 27.9 Å². The average Bonchev–Trinajstić information content (AvgIpc) is 2.70. The molecule has 0 aliphatic carbocycles. The summed E-state index contributed by atoms with van der Waals surface area (Å²) in [7, 11) is 0. The fourth-order valence-corrected chi connectivity index (χ4v) is 1.47. The number of aromatic amines is 1. The number of anilines is 4. The van der Waals surface area contributed by atoms with Gasteiger partial charge in [-0.1, -0.05) is 11.3 Å². The van der Waals surface area contributed by atoms with Crippen LogP contribution in [0.5, 0.6) is 0 Å². The summed E-state index contributed by atoms with van der Waals surface area (Å²) in [5.41, 5.74) is 21.8. The Hall–Kier alpha value is -2.36. The minimum Gasteiger partial charge on any atom is -0.387 e. The maximum absolute atomic E-state index is 5.50. The first-order valence-electron chi connectivity index (χ1n) is 4.10. The highest BCUT2D eigenvalue weighted by molar-refractivity contribution is 7.19. The molecule has 10 heteroatoms. The second kappa shape index (κ2) is 3.66. The number of hydrogen-bond donors (Lipinski definition) is 5. The molecule has 0 aliphatic rings. The van der Waals surface area contributed by atoms with E-state index in [2.05, 4.69) is 25.2 Å². The quantitative estimate of drug-likeness (QED) is 0.480. The number of hydrogen-bond acceptors (Lipinski definition) is 9. The number of nitrogens with zero attached hydrogens (tertiary/aromatic N) is 4. The zero-order valence-corrected chi connectivity index (χ0v) is 8.82. The summed E-state index contributed by atoms with van der Waals surface area (Å²) in [5.74, 6) is 0.846. The summed E-state index contributed by atoms with van der Waals surface area (Å²) in [5, 5.41) is 8.26. The molecule has 0 radical (unpaired) electrons. The fraction of sp³-hybridized carbons (Fsp3) is 0. The standard InChI is InChI=1S/C6H9N9S/c7-1-2(8)12-5(11-1)14-15-6-13-3(9)4(10)16-6/h7-10H2,(H,11,12)/b15-14+. The van der Waals surface area contributed by atoms with Crippen LogP contribution < -0.4 is 22.9 Å². The van der Waals surface area contributed by atoms with Crippen molar-refractivity contribution in [1.29, 1.82) is 0 Å². The first kappa shape index (κ1) is 10.2. The summed E-state index contributed by atoms with van der Waals surface area (Å²) in [6, 6.07) is 0. The molecule has 0 aliphatic heterocycles. The van der Waals surface area contributed by atoms with E-state index < -0.39 is 0 Å². The number of imidazole rings is 1. The lowest BCUT2D eigenvalue weighted by molar-refractivity contribution is 1.12. The molecular formula is C6H9N9S. The Bertz CT molecular complexity index is 451. The van der Waals surface area contributed by atoms with Crippen molar-refractivity contribution in [3.05, 3.63) is 0 Å². The largest absolute Gasteiger partial charge is 0.387 e. The molecule has 0 bridgehead atoms. The van der Waals surface area contributed by atoms with Gasteiger partial charge in [0.2, 0.25) is 5.13 Å². The lowest BCUT2D eigenvalue weighted by Gasteiger charge is -1.81. The molecular weight excluding hydrogens is 230 g/mol. The van der Waals surface area contributed by atoms with Crippen molar-refractivity contribution in [1.82, 2.24) is 15.0 Å². The number of aromatic nitrogens is 3. The van der Waals surface area contributed by atoms with Crippen molar-refractivity contribution >= 4 is 44.9 Å². The molecule has 16 heavy (non-hydrogen) atoms. The fourth-order valence-electron chi connectivity index (χ4n) is 0.899. The van der Waals surface area contributed by atoms with Gasteiger partial charge in [0, 0.05) is 0 Å². The Labute approximate surface area is 93.6 Å². The van der Waals surface area contributed by atoms with Gasteiger partial charge in [0.25, 0.3) is 5.95 Å². The number of H-pyrrole nitrogens is 1. The Morgan fingerprint density at radius 2 is 1.75 bits per heavy atom. The van der Waals surface area contributed by atoms with E-state index in [9.17, 15) is 0 Å². The predicted molar refractivity (Wildman–Crippen MR) is 62.5 cm³/mol. The molecule has 0 atom stereocenters. The molecule has 0 saturated carbocycles. The predicted octanol–water partition coefficient (Wildman–Crippen LogP) is 0.610. The Kier molecular flexibility index (Phi) is 2.32. The topological polar surface area (TPSA) is 170 Å². The van der Waals surface area contributed by atoms with Crippen LogP contribution in [-0.2, 0) is 0 Å². The van der Waals surface area contributed by atoms with E-state index in [0.717, 1.165) is 11.3 Å². The van der Waals surface area contributed by atoms with Crippen molar-refractivity contribution in [2.45, 2.75) is 0 Å². The van der Waals surface area contributed by atoms with Crippen LogP contribution in [0.25, 0.3) is 0 Å². The molecule has 2 rings (SSSR count). The Morgan fingerprint density at radius 1 is 1.00 bits per heavy atom. The van der Waals surface area contributed by atoms with Crippen LogP contribution in [0.3, 0.4) is 0 Å². The van der Waals surface area contributed by atoms with Crippen LogP contribution >= 0.6 is 11.3 Å². The number of thiazole rings is 1. The van der Waals surface area contributed by atoms with E-state index in [1.807, 2.05) is 0 Å². The van der Waals surface area contributed by atoms with Crippen molar-refractivity contribution in [2.24, 2.45) is 10.2 Å². The van der Waals surface area contributed by atoms with E-state index in [0.29, 0.717) is 10.1 Å². The summed E-state index contributed by atoms with van der Waals surface area (Å²) in [4.78, 5) is 10.3. The Morgan fingerprint density at radius 3 is 2.25 bits per heavy atom. The monoisotopic (exact) mass is 239 g/mol. The molecule has 2 heterocycles. The van der Waals surface area contributed by atoms with Crippen LogP contribution in [-0.4, -0.2) is 15.0 Å². The van der Waals surface area contributed by atoms with Gasteiger partial charge in [0.1, 0.15) is 10.8 Å². The molecule has 9 nitrogen and oxygen atoms in total. The van der Waals surface area contributed by atoms with Crippen LogP contribution in [0.4, 0.5) is 33.5 Å². The highest BCUT2D eigenvalue weighted by Gasteiger charge is 2.05. The van der Waals surface area contributed by atoms with E-state index in [-0.39, 0.29) is 23.4 Å². The number of rotatable bonds is 2. The van der Waals surface area contributed by atoms with Gasteiger partial charge >= 0.3 is 0 Å². The van der Waals surface area contributed by atoms with Crippen LogP contribution in [0.1, 0.15) is 0 Å². The maximum Gasteiger partial charge on any atom is 0.250 e. The third kappa shape index (κ3) is 1.86. The lowest BCUT2D eigenvalue weighted by atomic mass is 10.7. The van der Waals surface area contributed by atoms with Gasteiger partial charge in [-0.15, -0.1) is 10.2 Å². The normalized spacial score (nSPS) is 11.2. The summed E-state index contributed by atoms with van der Waals surface area (Å²) >= 11 is 1.12. The molecule has 0 amide bonds. The van der Waals surface area contributed by atoms with E-state index in [1.54, 1.807) is 0 Å². The SMILES string of the molecule is Nc1nc(/N=N/c2nc(N)c(N)s2)[nH]c1N. The van der Waals surface area contributed by atoms with Gasteiger partial charge in [0.05, 0.1) is 0 Å². The van der Waals surface area contributed by atoms with Crippen molar-refractivity contribution in [3.8, 4) is 0 Å². The lowest BCUT2D eigenvalue weighted by Crippen LogP contribution is -1.91. The zero-order chi connectivity index (χ0) is 11.7. The van der Waals surface area contributed by atoms with Gasteiger partial charge in [-0.3, -0.25) is 0 Å². The number of azo groups is 1. The molecule has 0 saturated heterocycles. The highest BCUT2D eigenvalue weighted by Crippen LogP contribution is 2.30. The van der Waals surface area contributed by atoms with Gasteiger partial charge in [-0.05, 0) is 0 Å². The summed E-state index contributed by atoms with van der Waals surface area (Å²) in [6.45, 7) is 0. The number of nitrogens with one attached hydrogen (secondary N) is 1. The Balaban J connectivity index is 2.20. The third-order valence-corrected chi connectivity index (χ3v) is 2.43. The van der Waals surface area contributed by atoms with Crippen molar-refractivity contribution in [2.75, 3.05) is 22.9 Å². The maximum atomic E-state index is 5.50. The van der Waals surface area contributed by atoms with E-state index >= 15 is 0 Å². The molecule has 2 aromatic rings. The summed E-state index contributed by atoms with van der Waals surface area (Å²) < 4.78 is 0. The number of nitrogens with two attached hydrogens (primary N) is 4. The molecule has 2 aromatic heterocycles. The molecule has 0 unspecified atom stereocenters. The molecule has 9 N–H and O–H groups in total. The highest BCUT2D eigenvalue weighted by atomic mass is 32.1. The molecule has 0 fully saturated rings. The van der Waals surface area contributed by atoms with Crippen LogP contribution in [0.15, 0.2) is 10.2 Å². The minimum atomic E-state index is 0.173. The van der Waals surface area contributed by atoms with Crippen LogP contribution in [0, 0.1) is 0 Å². The summed E-state index contributed by atoms with van der Waals surface area (Å²) in [6.07, 6.45) is 0. The van der Waals surface area contributed by atoms with Gasteiger partial charge in [-0.25, -0.2) is 0 Å². The third-order valence-electron chi connectivity index (χ3n) is 1.65. The van der Waals surface area contributed by atoms with Crippen LogP contribution in [0.2, 0.25) is 0 Å². The van der Waals surface area contributed by atoms with Gasteiger partial charge in [0.15, 0.2) is 11.6 Å². The first-order valence-corrected chi connectivity index (χ1v) is 4.92. The van der Waals surface area contributed by atoms with Gasteiger partial charge in [-0.2, -0.15) is 9.97 Å². The van der Waals surface area contributed by atoms with Crippen molar-refractivity contribution < 1.29 is 0 Å². The number of nitrogen functional groups attached to an aromatic ring is 4. The van der Waals surface area contributed by atoms with Crippen molar-refractivity contribution in [3.63, 3.8) is 0 Å². The second-order valence-corrected chi connectivity index (χ2v) is 3.81. The van der Waals surface area contributed by atoms with E-state index in [4.69, 9.17) is 22.9 Å². The molecule has 0 spiro atoms. The van der Waals surface area contributed by atoms with E-state index in [1.165, 1.54) is 0 Å². The second-order valence-electron chi connectivity index (χ2n) is 2.81. The molecule has 84 valence electrons. The average molecular weight is 239 g/mol. The zero-order valence-electron chi connectivity index (χ0n) is 8.01.